The zero-order chi connectivity index (χ0) is 14.4. The zero-order valence-electron chi connectivity index (χ0n) is 11.2. The lowest BCUT2D eigenvalue weighted by molar-refractivity contribution is -0.153. The molecule has 0 saturated carbocycles. The van der Waals surface area contributed by atoms with E-state index in [0.29, 0.717) is 6.42 Å². The Morgan fingerprint density at radius 2 is 1.84 bits per heavy atom. The molecule has 2 atom stereocenters. The van der Waals surface area contributed by atoms with E-state index < -0.39 is 34.0 Å². The highest BCUT2D eigenvalue weighted by atomic mass is 32.2. The van der Waals surface area contributed by atoms with Crippen LogP contribution in [-0.2, 0) is 24.5 Å². The molecule has 2 fully saturated rings. The molecule has 0 aromatic carbocycles. The molecule has 2 saturated heterocycles. The maximum Gasteiger partial charge on any atom is 0.318 e. The Hall–Kier alpha value is -0.990. The number of piperidine rings is 1. The molecule has 19 heavy (non-hydrogen) atoms. The number of esters is 2. The van der Waals surface area contributed by atoms with Gasteiger partial charge in [-0.15, -0.1) is 0 Å². The van der Waals surface area contributed by atoms with Crippen LogP contribution in [0, 0.1) is 11.8 Å². The van der Waals surface area contributed by atoms with Crippen molar-refractivity contribution in [3.05, 3.63) is 0 Å². The number of rotatable bonds is 3. The lowest BCUT2D eigenvalue weighted by Crippen LogP contribution is -2.51. The van der Waals surface area contributed by atoms with Crippen LogP contribution >= 0.6 is 0 Å². The molecule has 0 aliphatic carbocycles. The summed E-state index contributed by atoms with van der Waals surface area (Å²) in [6.07, 6.45) is 0.334. The third-order valence-electron chi connectivity index (χ3n) is 3.80. The van der Waals surface area contributed by atoms with Gasteiger partial charge in [-0.2, -0.15) is 17.0 Å². The minimum Gasteiger partial charge on any atom is -0.393 e. The molecule has 0 aromatic heterocycles. The van der Waals surface area contributed by atoms with Gasteiger partial charge in [0.15, 0.2) is 0 Å². The quantitative estimate of drug-likeness (QED) is 0.521. The van der Waals surface area contributed by atoms with Crippen LogP contribution in [0.3, 0.4) is 0 Å². The molecule has 0 radical (unpaired) electrons. The number of hydrogen-bond acceptors (Lipinski definition) is 5. The van der Waals surface area contributed by atoms with E-state index in [9.17, 15) is 18.0 Å². The monoisotopic (exact) mass is 290 g/mol. The van der Waals surface area contributed by atoms with Crippen molar-refractivity contribution in [2.24, 2.45) is 11.8 Å². The van der Waals surface area contributed by atoms with Crippen LogP contribution in [0.2, 0.25) is 0 Å². The molecule has 0 N–H and O–H groups in total. The Labute approximate surface area is 112 Å². The highest BCUT2D eigenvalue weighted by Crippen LogP contribution is 2.33. The maximum atomic E-state index is 12.3. The Balaban J connectivity index is 2.17. The number of carbonyl (C=O) groups is 2. The second kappa shape index (κ2) is 4.84. The van der Waals surface area contributed by atoms with Crippen LogP contribution < -0.4 is 0 Å². The molecule has 0 spiro atoms. The lowest BCUT2D eigenvalue weighted by atomic mass is 9.89. The van der Waals surface area contributed by atoms with Gasteiger partial charge in [-0.3, -0.25) is 9.59 Å². The Morgan fingerprint density at radius 3 is 2.42 bits per heavy atom. The maximum absolute atomic E-state index is 12.3. The van der Waals surface area contributed by atoms with Gasteiger partial charge in [-0.1, -0.05) is 0 Å². The molecule has 2 aliphatic heterocycles. The summed E-state index contributed by atoms with van der Waals surface area (Å²) < 4.78 is 31.7. The summed E-state index contributed by atoms with van der Waals surface area (Å²) in [4.78, 5) is 22.9. The third kappa shape index (κ3) is 2.39. The lowest BCUT2D eigenvalue weighted by Gasteiger charge is -2.34. The molecular formula is C11H18N2O5S. The standard InChI is InChI=1S/C11H18N2O5S/c1-7(2)12(3)19(16,17)13-5-4-8-9(6-13)11(15)18-10(8)14/h7-9H,4-6H2,1-3H3. The number of fused-ring (bicyclic) bond motifs is 1. The van der Waals surface area contributed by atoms with E-state index in [2.05, 4.69) is 4.74 Å². The summed E-state index contributed by atoms with van der Waals surface area (Å²) in [5, 5.41) is 0. The van der Waals surface area contributed by atoms with Crippen molar-refractivity contribution in [2.75, 3.05) is 20.1 Å². The van der Waals surface area contributed by atoms with Gasteiger partial charge < -0.3 is 4.74 Å². The summed E-state index contributed by atoms with van der Waals surface area (Å²) in [7, 11) is -2.09. The first-order valence-corrected chi connectivity index (χ1v) is 7.63. The Bertz CT molecular complexity index is 501. The zero-order valence-corrected chi connectivity index (χ0v) is 12.0. The van der Waals surface area contributed by atoms with Gasteiger partial charge in [-0.05, 0) is 20.3 Å². The van der Waals surface area contributed by atoms with Crippen molar-refractivity contribution < 1.29 is 22.7 Å². The molecule has 0 bridgehead atoms. The number of nitrogens with zero attached hydrogens (tertiary/aromatic N) is 2. The van der Waals surface area contributed by atoms with E-state index in [-0.39, 0.29) is 19.1 Å². The fourth-order valence-corrected chi connectivity index (χ4v) is 3.93. The largest absolute Gasteiger partial charge is 0.393 e. The highest BCUT2D eigenvalue weighted by molar-refractivity contribution is 7.86. The third-order valence-corrected chi connectivity index (χ3v) is 5.93. The van der Waals surface area contributed by atoms with Crippen molar-refractivity contribution in [3.8, 4) is 0 Å². The smallest absolute Gasteiger partial charge is 0.318 e. The van der Waals surface area contributed by atoms with Crippen molar-refractivity contribution in [1.82, 2.24) is 8.61 Å². The molecular weight excluding hydrogens is 272 g/mol. The van der Waals surface area contributed by atoms with E-state index in [4.69, 9.17) is 0 Å². The van der Waals surface area contributed by atoms with E-state index in [1.165, 1.54) is 15.7 Å². The highest BCUT2D eigenvalue weighted by Gasteiger charge is 2.49. The van der Waals surface area contributed by atoms with Gasteiger partial charge >= 0.3 is 11.9 Å². The van der Waals surface area contributed by atoms with Gasteiger partial charge in [0.05, 0.1) is 11.8 Å². The average molecular weight is 290 g/mol. The first-order chi connectivity index (χ1) is 8.75. The normalized spacial score (nSPS) is 28.9. The van der Waals surface area contributed by atoms with E-state index in [0.717, 1.165) is 0 Å². The van der Waals surface area contributed by atoms with Crippen molar-refractivity contribution in [2.45, 2.75) is 26.3 Å². The van der Waals surface area contributed by atoms with Gasteiger partial charge in [0.2, 0.25) is 0 Å². The molecule has 108 valence electrons. The predicted octanol–water partition coefficient (Wildman–Crippen LogP) is -0.407. The van der Waals surface area contributed by atoms with E-state index in [1.54, 1.807) is 13.8 Å². The fraction of sp³-hybridized carbons (Fsp3) is 0.818. The topological polar surface area (TPSA) is 84.0 Å². The first-order valence-electron chi connectivity index (χ1n) is 6.23. The second-order valence-electron chi connectivity index (χ2n) is 5.22. The summed E-state index contributed by atoms with van der Waals surface area (Å²) in [5.41, 5.74) is 0. The summed E-state index contributed by atoms with van der Waals surface area (Å²) in [6.45, 7) is 3.81. The Kier molecular flexibility index (Phi) is 3.67. The summed E-state index contributed by atoms with van der Waals surface area (Å²) in [6, 6.07) is -0.167. The van der Waals surface area contributed by atoms with E-state index >= 15 is 0 Å². The molecule has 2 heterocycles. The molecule has 2 aliphatic rings. The summed E-state index contributed by atoms with van der Waals surface area (Å²) >= 11 is 0. The van der Waals surface area contributed by atoms with Crippen LogP contribution in [0.25, 0.3) is 0 Å². The van der Waals surface area contributed by atoms with Gasteiger partial charge in [0.25, 0.3) is 10.2 Å². The van der Waals surface area contributed by atoms with Gasteiger partial charge in [-0.25, -0.2) is 0 Å². The minimum absolute atomic E-state index is 0.0225. The fourth-order valence-electron chi connectivity index (χ4n) is 2.35. The molecule has 7 nitrogen and oxygen atoms in total. The van der Waals surface area contributed by atoms with Crippen LogP contribution in [0.1, 0.15) is 20.3 Å². The van der Waals surface area contributed by atoms with Crippen molar-refractivity contribution in [1.29, 1.82) is 0 Å². The van der Waals surface area contributed by atoms with Crippen molar-refractivity contribution >= 4 is 22.1 Å². The number of hydrogen-bond donors (Lipinski definition) is 0. The molecule has 0 aromatic rings. The van der Waals surface area contributed by atoms with Crippen LogP contribution in [0.15, 0.2) is 0 Å². The Morgan fingerprint density at radius 1 is 1.26 bits per heavy atom. The first kappa shape index (κ1) is 14.4. The minimum atomic E-state index is -3.59. The molecule has 2 rings (SSSR count). The second-order valence-corrected chi connectivity index (χ2v) is 7.21. The average Bonchev–Trinajstić information content (AvgIpc) is 2.63. The number of ether oxygens (including phenoxy) is 1. The van der Waals surface area contributed by atoms with Gasteiger partial charge in [0, 0.05) is 26.2 Å². The van der Waals surface area contributed by atoms with Crippen LogP contribution in [-0.4, -0.2) is 55.1 Å². The summed E-state index contributed by atoms with van der Waals surface area (Å²) in [5.74, 6) is -2.27. The van der Waals surface area contributed by atoms with Crippen LogP contribution in [0.5, 0.6) is 0 Å². The molecule has 2 unspecified atom stereocenters. The number of cyclic esters (lactones) is 2. The SMILES string of the molecule is CC(C)N(C)S(=O)(=O)N1CCC2C(=O)OC(=O)C2C1. The molecule has 0 amide bonds. The van der Waals surface area contributed by atoms with Crippen LogP contribution in [0.4, 0.5) is 0 Å². The van der Waals surface area contributed by atoms with E-state index in [1.807, 2.05) is 0 Å². The molecule has 8 heteroatoms. The predicted molar refractivity (Wildman–Crippen MR) is 66.1 cm³/mol. The van der Waals surface area contributed by atoms with Crippen molar-refractivity contribution in [3.63, 3.8) is 0 Å². The van der Waals surface area contributed by atoms with Gasteiger partial charge in [0.1, 0.15) is 0 Å². The number of carbonyl (C=O) groups excluding carboxylic acids is 2.